The van der Waals surface area contributed by atoms with Gasteiger partial charge in [-0.05, 0) is 20.0 Å². The number of halogens is 1. The van der Waals surface area contributed by atoms with Crippen LogP contribution in [0.4, 0.5) is 5.69 Å². The summed E-state index contributed by atoms with van der Waals surface area (Å²) in [7, 11) is 1.56. The molecule has 0 aromatic heterocycles. The molecule has 7 nitrogen and oxygen atoms in total. The minimum atomic E-state index is -1.09. The summed E-state index contributed by atoms with van der Waals surface area (Å²) in [5.41, 5.74) is 4.00. The number of nitrogens with zero attached hydrogens (tertiary/aromatic N) is 1. The van der Waals surface area contributed by atoms with Gasteiger partial charge in [0.25, 0.3) is 5.69 Å². The molecule has 0 aliphatic carbocycles. The average molecular weight is 288 g/mol. The molecule has 0 spiro atoms. The van der Waals surface area contributed by atoms with Crippen LogP contribution in [-0.4, -0.2) is 30.0 Å². The summed E-state index contributed by atoms with van der Waals surface area (Å²) in [5, 5.41) is 13.6. The van der Waals surface area contributed by atoms with Gasteiger partial charge < -0.3 is 15.8 Å². The summed E-state index contributed by atoms with van der Waals surface area (Å²) in [6, 6.07) is 3.82. The molecule has 0 bridgehead atoms. The Hall–Kier alpha value is -1.86. The molecule has 0 aliphatic rings. The van der Waals surface area contributed by atoms with Gasteiger partial charge in [0, 0.05) is 6.07 Å². The third-order valence-corrected chi connectivity index (χ3v) is 3.05. The fourth-order valence-corrected chi connectivity index (χ4v) is 1.38. The first kappa shape index (κ1) is 15.2. The number of non-ortho nitro benzene ring substituents is 1. The number of primary amides is 1. The van der Waals surface area contributed by atoms with Crippen molar-refractivity contribution < 1.29 is 14.5 Å². The second kappa shape index (κ2) is 5.85. The highest BCUT2D eigenvalue weighted by Crippen LogP contribution is 2.29. The monoisotopic (exact) mass is 287 g/mol. The van der Waals surface area contributed by atoms with Crippen LogP contribution >= 0.6 is 11.6 Å². The molecular formula is C11H14ClN3O4. The molecular weight excluding hydrogens is 274 g/mol. The van der Waals surface area contributed by atoms with Gasteiger partial charge >= 0.3 is 0 Å². The number of nitrogens with two attached hydrogens (primary N) is 1. The normalized spacial score (nSPS) is 13.6. The minimum Gasteiger partial charge on any atom is -0.489 e. The zero-order valence-electron chi connectivity index (χ0n) is 10.5. The van der Waals surface area contributed by atoms with E-state index in [9.17, 15) is 14.9 Å². The maximum Gasteiger partial charge on any atom is 0.273 e. The quantitative estimate of drug-likeness (QED) is 0.601. The highest BCUT2D eigenvalue weighted by atomic mass is 35.5. The number of nitro groups is 1. The average Bonchev–Trinajstić information content (AvgIpc) is 2.36. The summed E-state index contributed by atoms with van der Waals surface area (Å²) in [6.45, 7) is 1.46. The van der Waals surface area contributed by atoms with Crippen molar-refractivity contribution in [2.45, 2.75) is 12.5 Å². The van der Waals surface area contributed by atoms with Crippen molar-refractivity contribution in [1.82, 2.24) is 5.32 Å². The molecule has 3 N–H and O–H groups in total. The van der Waals surface area contributed by atoms with E-state index in [1.807, 2.05) is 0 Å². The Kier molecular flexibility index (Phi) is 4.68. The number of hydrogen-bond donors (Lipinski definition) is 2. The van der Waals surface area contributed by atoms with E-state index in [1.165, 1.54) is 18.2 Å². The molecule has 8 heteroatoms. The Bertz CT molecular complexity index is 509. The van der Waals surface area contributed by atoms with Gasteiger partial charge in [0.15, 0.2) is 0 Å². The number of nitro benzene ring substituents is 1. The highest BCUT2D eigenvalue weighted by Gasteiger charge is 2.30. The van der Waals surface area contributed by atoms with Crippen LogP contribution in [-0.2, 0) is 4.79 Å². The van der Waals surface area contributed by atoms with Crippen molar-refractivity contribution in [1.29, 1.82) is 0 Å². The fraction of sp³-hybridized carbons (Fsp3) is 0.364. The second-order valence-electron chi connectivity index (χ2n) is 4.11. The first-order chi connectivity index (χ1) is 8.80. The van der Waals surface area contributed by atoms with Crippen LogP contribution in [0.3, 0.4) is 0 Å². The summed E-state index contributed by atoms with van der Waals surface area (Å²) >= 11 is 5.87. The predicted molar refractivity (Wildman–Crippen MR) is 70.3 cm³/mol. The van der Waals surface area contributed by atoms with Crippen LogP contribution in [0.15, 0.2) is 18.2 Å². The first-order valence-corrected chi connectivity index (χ1v) is 5.73. The smallest absolute Gasteiger partial charge is 0.273 e. The predicted octanol–water partition coefficient (Wildman–Crippen LogP) is 1.09. The van der Waals surface area contributed by atoms with E-state index in [0.717, 1.165) is 0 Å². The molecule has 104 valence electrons. The first-order valence-electron chi connectivity index (χ1n) is 5.35. The van der Waals surface area contributed by atoms with Crippen LogP contribution in [0.5, 0.6) is 5.75 Å². The number of ether oxygens (including phenoxy) is 1. The Labute approximate surface area is 114 Å². The van der Waals surface area contributed by atoms with Crippen LogP contribution in [0.1, 0.15) is 6.92 Å². The van der Waals surface area contributed by atoms with E-state index in [1.54, 1.807) is 14.0 Å². The van der Waals surface area contributed by atoms with Gasteiger partial charge in [0.2, 0.25) is 5.91 Å². The topological polar surface area (TPSA) is 107 Å². The lowest BCUT2D eigenvalue weighted by molar-refractivity contribution is -0.384. The Balaban J connectivity index is 2.91. The number of rotatable bonds is 6. The Morgan fingerprint density at radius 1 is 1.63 bits per heavy atom. The molecule has 19 heavy (non-hydrogen) atoms. The molecule has 0 heterocycles. The summed E-state index contributed by atoms with van der Waals surface area (Å²) in [5.74, 6) is -0.477. The molecule has 0 saturated heterocycles. The largest absolute Gasteiger partial charge is 0.489 e. The number of benzene rings is 1. The molecule has 1 unspecified atom stereocenters. The van der Waals surface area contributed by atoms with Crippen LogP contribution in [0.2, 0.25) is 5.02 Å². The summed E-state index contributed by atoms with van der Waals surface area (Å²) in [6.07, 6.45) is 0. The maximum atomic E-state index is 11.3. The molecule has 0 aliphatic heterocycles. The van der Waals surface area contributed by atoms with E-state index in [0.29, 0.717) is 0 Å². The van der Waals surface area contributed by atoms with Crippen molar-refractivity contribution in [3.05, 3.63) is 33.3 Å². The number of amides is 1. The lowest BCUT2D eigenvalue weighted by Gasteiger charge is -2.25. The Morgan fingerprint density at radius 3 is 2.74 bits per heavy atom. The van der Waals surface area contributed by atoms with Crippen LogP contribution < -0.4 is 15.8 Å². The summed E-state index contributed by atoms with van der Waals surface area (Å²) in [4.78, 5) is 21.4. The van der Waals surface area contributed by atoms with E-state index in [-0.39, 0.29) is 23.1 Å². The number of hydrogen-bond acceptors (Lipinski definition) is 5. The molecule has 1 rings (SSSR count). The van der Waals surface area contributed by atoms with Gasteiger partial charge in [-0.3, -0.25) is 14.9 Å². The second-order valence-corrected chi connectivity index (χ2v) is 4.51. The number of likely N-dealkylation sites (N-methyl/N-ethyl adjacent to an activating group) is 1. The SMILES string of the molecule is CNC(C)(COc1cc([N+](=O)[O-])ccc1Cl)C(N)=O. The zero-order valence-corrected chi connectivity index (χ0v) is 11.2. The number of carbonyl (C=O) groups excluding carboxylic acids is 1. The van der Waals surface area contributed by atoms with Crippen molar-refractivity contribution in [2.24, 2.45) is 5.73 Å². The van der Waals surface area contributed by atoms with Gasteiger partial charge in [-0.25, -0.2) is 0 Å². The molecule has 1 atom stereocenters. The van der Waals surface area contributed by atoms with Crippen molar-refractivity contribution >= 4 is 23.2 Å². The maximum absolute atomic E-state index is 11.3. The van der Waals surface area contributed by atoms with Crippen molar-refractivity contribution in [2.75, 3.05) is 13.7 Å². The van der Waals surface area contributed by atoms with E-state index in [4.69, 9.17) is 22.1 Å². The van der Waals surface area contributed by atoms with Crippen LogP contribution in [0, 0.1) is 10.1 Å². The van der Waals surface area contributed by atoms with Gasteiger partial charge in [-0.15, -0.1) is 0 Å². The van der Waals surface area contributed by atoms with E-state index >= 15 is 0 Å². The lowest BCUT2D eigenvalue weighted by atomic mass is 10.0. The standard InChI is InChI=1S/C11H14ClN3O4/c1-11(14-2,10(13)16)6-19-9-5-7(15(17)18)3-4-8(9)12/h3-5,14H,6H2,1-2H3,(H2,13,16). The van der Waals surface area contributed by atoms with Gasteiger partial charge in [0.05, 0.1) is 16.0 Å². The Morgan fingerprint density at radius 2 is 2.26 bits per heavy atom. The zero-order chi connectivity index (χ0) is 14.6. The molecule has 0 fully saturated rings. The van der Waals surface area contributed by atoms with E-state index in [2.05, 4.69) is 5.32 Å². The molecule has 1 aromatic rings. The van der Waals surface area contributed by atoms with E-state index < -0.39 is 16.4 Å². The molecule has 0 saturated carbocycles. The number of nitrogens with one attached hydrogen (secondary N) is 1. The number of carbonyl (C=O) groups is 1. The lowest BCUT2D eigenvalue weighted by Crippen LogP contribution is -2.55. The highest BCUT2D eigenvalue weighted by molar-refractivity contribution is 6.32. The van der Waals surface area contributed by atoms with Crippen molar-refractivity contribution in [3.63, 3.8) is 0 Å². The van der Waals surface area contributed by atoms with Gasteiger partial charge in [-0.2, -0.15) is 0 Å². The third kappa shape index (κ3) is 3.55. The molecule has 1 aromatic carbocycles. The molecule has 1 amide bonds. The van der Waals surface area contributed by atoms with Gasteiger partial charge in [-0.1, -0.05) is 11.6 Å². The fourth-order valence-electron chi connectivity index (χ4n) is 1.20. The van der Waals surface area contributed by atoms with Crippen molar-refractivity contribution in [3.8, 4) is 5.75 Å². The van der Waals surface area contributed by atoms with Gasteiger partial charge in [0.1, 0.15) is 17.9 Å². The molecule has 0 radical (unpaired) electrons. The summed E-state index contributed by atoms with van der Waals surface area (Å²) < 4.78 is 5.35. The minimum absolute atomic E-state index is 0.0975. The van der Waals surface area contributed by atoms with Crippen LogP contribution in [0.25, 0.3) is 0 Å². The third-order valence-electron chi connectivity index (χ3n) is 2.74.